The van der Waals surface area contributed by atoms with E-state index in [1.807, 2.05) is 6.07 Å². The highest BCUT2D eigenvalue weighted by Crippen LogP contribution is 2.36. The molecule has 0 saturated heterocycles. The molecule has 2 aliphatic heterocycles. The molecule has 0 amide bonds. The van der Waals surface area contributed by atoms with Crippen LogP contribution in [0.2, 0.25) is 0 Å². The van der Waals surface area contributed by atoms with E-state index in [9.17, 15) is 0 Å². The Labute approximate surface area is 118 Å². The van der Waals surface area contributed by atoms with E-state index in [0.717, 1.165) is 48.1 Å². The van der Waals surface area contributed by atoms with Crippen LogP contribution < -0.4 is 10.5 Å². The largest absolute Gasteiger partial charge is 0.493 e. The zero-order chi connectivity index (χ0) is 13.7. The zero-order valence-corrected chi connectivity index (χ0v) is 11.7. The van der Waals surface area contributed by atoms with Crippen molar-refractivity contribution in [3.63, 3.8) is 0 Å². The van der Waals surface area contributed by atoms with Gasteiger partial charge < -0.3 is 15.0 Å². The molecular formula is C16H19N3O. The van der Waals surface area contributed by atoms with Crippen LogP contribution in [-0.4, -0.2) is 16.2 Å². The highest BCUT2D eigenvalue weighted by molar-refractivity contribution is 5.73. The van der Waals surface area contributed by atoms with E-state index in [0.29, 0.717) is 6.04 Å². The molecule has 0 aliphatic carbocycles. The van der Waals surface area contributed by atoms with Gasteiger partial charge in [-0.25, -0.2) is 4.98 Å². The lowest BCUT2D eigenvalue weighted by atomic mass is 10.1. The van der Waals surface area contributed by atoms with Crippen LogP contribution in [0, 0.1) is 0 Å². The van der Waals surface area contributed by atoms with E-state index >= 15 is 0 Å². The fourth-order valence-electron chi connectivity index (χ4n) is 3.39. The van der Waals surface area contributed by atoms with Crippen LogP contribution in [0.3, 0.4) is 0 Å². The molecule has 0 saturated carbocycles. The van der Waals surface area contributed by atoms with Crippen LogP contribution in [0.25, 0.3) is 11.3 Å². The smallest absolute Gasteiger partial charge is 0.131 e. The fraction of sp³-hybridized carbons (Fsp3) is 0.438. The first-order valence-corrected chi connectivity index (χ1v) is 7.36. The van der Waals surface area contributed by atoms with Crippen molar-refractivity contribution in [3.05, 3.63) is 29.6 Å². The number of hydrogen-bond donors (Lipinski definition) is 1. The highest BCUT2D eigenvalue weighted by Gasteiger charge is 2.24. The molecule has 4 nitrogen and oxygen atoms in total. The lowest BCUT2D eigenvalue weighted by Gasteiger charge is -2.22. The van der Waals surface area contributed by atoms with Crippen molar-refractivity contribution in [3.8, 4) is 17.0 Å². The Morgan fingerprint density at radius 1 is 1.35 bits per heavy atom. The van der Waals surface area contributed by atoms with Crippen molar-refractivity contribution in [2.75, 3.05) is 12.3 Å². The van der Waals surface area contributed by atoms with Gasteiger partial charge >= 0.3 is 0 Å². The van der Waals surface area contributed by atoms with Crippen molar-refractivity contribution in [2.45, 2.75) is 38.6 Å². The van der Waals surface area contributed by atoms with Gasteiger partial charge in [0.15, 0.2) is 0 Å². The molecular weight excluding hydrogens is 250 g/mol. The van der Waals surface area contributed by atoms with Gasteiger partial charge in [0.05, 0.1) is 6.61 Å². The standard InChI is InChI=1S/C16H19N3O/c1-10-3-2-4-14-18-15(16(17)19(10)14)12-5-6-13-11(9-12)7-8-20-13/h5-6,9-10H,2-4,7-8,17H2,1H3. The van der Waals surface area contributed by atoms with E-state index in [2.05, 4.69) is 23.6 Å². The third-order valence-electron chi connectivity index (χ3n) is 4.45. The predicted octanol–water partition coefficient (Wildman–Crippen LogP) is 2.96. The summed E-state index contributed by atoms with van der Waals surface area (Å²) in [6.07, 6.45) is 4.40. The Balaban J connectivity index is 1.83. The summed E-state index contributed by atoms with van der Waals surface area (Å²) in [5.41, 5.74) is 9.67. The quantitative estimate of drug-likeness (QED) is 0.866. The van der Waals surface area contributed by atoms with Gasteiger partial charge in [0, 0.05) is 24.4 Å². The van der Waals surface area contributed by atoms with Crippen molar-refractivity contribution >= 4 is 5.82 Å². The van der Waals surface area contributed by atoms with E-state index in [1.165, 1.54) is 18.4 Å². The van der Waals surface area contributed by atoms with Crippen LogP contribution in [0.5, 0.6) is 5.75 Å². The van der Waals surface area contributed by atoms with Gasteiger partial charge in [-0.1, -0.05) is 0 Å². The third kappa shape index (κ3) is 1.64. The summed E-state index contributed by atoms with van der Waals surface area (Å²) in [6.45, 7) is 3.01. The minimum absolute atomic E-state index is 0.456. The van der Waals surface area contributed by atoms with Crippen LogP contribution in [0.15, 0.2) is 18.2 Å². The summed E-state index contributed by atoms with van der Waals surface area (Å²) in [5, 5.41) is 0. The molecule has 20 heavy (non-hydrogen) atoms. The number of aromatic nitrogens is 2. The average Bonchev–Trinajstić information content (AvgIpc) is 3.03. The second kappa shape index (κ2) is 4.27. The van der Waals surface area contributed by atoms with Crippen LogP contribution in [0.4, 0.5) is 5.82 Å². The summed E-state index contributed by atoms with van der Waals surface area (Å²) < 4.78 is 7.77. The molecule has 1 unspecified atom stereocenters. The molecule has 0 spiro atoms. The maximum Gasteiger partial charge on any atom is 0.131 e. The molecule has 1 aromatic heterocycles. The number of nitrogens with zero attached hydrogens (tertiary/aromatic N) is 2. The molecule has 0 radical (unpaired) electrons. The summed E-state index contributed by atoms with van der Waals surface area (Å²) in [7, 11) is 0. The first-order valence-electron chi connectivity index (χ1n) is 7.36. The highest BCUT2D eigenvalue weighted by atomic mass is 16.5. The first kappa shape index (κ1) is 11.8. The van der Waals surface area contributed by atoms with Gasteiger partial charge in [-0.05, 0) is 43.5 Å². The molecule has 4 rings (SSSR count). The lowest BCUT2D eigenvalue weighted by molar-refractivity contribution is 0.357. The van der Waals surface area contributed by atoms with Gasteiger partial charge in [0.2, 0.25) is 0 Å². The molecule has 1 atom stereocenters. The molecule has 0 fully saturated rings. The number of anilines is 1. The third-order valence-corrected chi connectivity index (χ3v) is 4.45. The molecule has 1 aromatic carbocycles. The predicted molar refractivity (Wildman–Crippen MR) is 78.9 cm³/mol. The Morgan fingerprint density at radius 3 is 3.10 bits per heavy atom. The molecule has 4 heteroatoms. The Hall–Kier alpha value is -1.97. The number of nitrogen functional groups attached to an aromatic ring is 1. The van der Waals surface area contributed by atoms with E-state index in [4.69, 9.17) is 15.5 Å². The van der Waals surface area contributed by atoms with Crippen LogP contribution in [0.1, 0.15) is 37.2 Å². The maximum absolute atomic E-state index is 6.36. The van der Waals surface area contributed by atoms with Gasteiger partial charge in [0.25, 0.3) is 0 Å². The monoisotopic (exact) mass is 269 g/mol. The van der Waals surface area contributed by atoms with Gasteiger partial charge in [-0.15, -0.1) is 0 Å². The molecule has 3 heterocycles. The van der Waals surface area contributed by atoms with Crippen LogP contribution >= 0.6 is 0 Å². The number of aryl methyl sites for hydroxylation is 1. The summed E-state index contributed by atoms with van der Waals surface area (Å²) in [5.74, 6) is 2.95. The number of nitrogens with two attached hydrogens (primary N) is 1. The first-order chi connectivity index (χ1) is 9.74. The number of fused-ring (bicyclic) bond motifs is 2. The van der Waals surface area contributed by atoms with Crippen LogP contribution in [-0.2, 0) is 12.8 Å². The zero-order valence-electron chi connectivity index (χ0n) is 11.7. The number of hydrogen-bond acceptors (Lipinski definition) is 3. The lowest BCUT2D eigenvalue weighted by Crippen LogP contribution is -2.16. The SMILES string of the molecule is CC1CCCc2nc(-c3ccc4c(c3)CCO4)c(N)n21. The summed E-state index contributed by atoms with van der Waals surface area (Å²) in [4.78, 5) is 4.79. The fourth-order valence-corrected chi connectivity index (χ4v) is 3.39. The number of rotatable bonds is 1. The maximum atomic E-state index is 6.36. The van der Waals surface area contributed by atoms with Crippen molar-refractivity contribution < 1.29 is 4.74 Å². The summed E-state index contributed by atoms with van der Waals surface area (Å²) >= 11 is 0. The minimum Gasteiger partial charge on any atom is -0.493 e. The molecule has 2 aliphatic rings. The normalized spacial score (nSPS) is 20.4. The van der Waals surface area contributed by atoms with E-state index < -0.39 is 0 Å². The van der Waals surface area contributed by atoms with E-state index in [1.54, 1.807) is 0 Å². The second-order valence-corrected chi connectivity index (χ2v) is 5.79. The van der Waals surface area contributed by atoms with Gasteiger partial charge in [0.1, 0.15) is 23.1 Å². The van der Waals surface area contributed by atoms with E-state index in [-0.39, 0.29) is 0 Å². The topological polar surface area (TPSA) is 53.1 Å². The Morgan fingerprint density at radius 2 is 2.25 bits per heavy atom. The Bertz CT molecular complexity index is 675. The average molecular weight is 269 g/mol. The molecule has 104 valence electrons. The number of imidazole rings is 1. The number of benzene rings is 1. The second-order valence-electron chi connectivity index (χ2n) is 5.79. The summed E-state index contributed by atoms with van der Waals surface area (Å²) in [6, 6.07) is 6.74. The number of ether oxygens (including phenoxy) is 1. The van der Waals surface area contributed by atoms with Crippen molar-refractivity contribution in [1.29, 1.82) is 0 Å². The molecule has 0 bridgehead atoms. The minimum atomic E-state index is 0.456. The van der Waals surface area contributed by atoms with Crippen molar-refractivity contribution in [1.82, 2.24) is 9.55 Å². The van der Waals surface area contributed by atoms with Gasteiger partial charge in [-0.3, -0.25) is 0 Å². The van der Waals surface area contributed by atoms with Gasteiger partial charge in [-0.2, -0.15) is 0 Å². The molecule has 2 aromatic rings. The van der Waals surface area contributed by atoms with Crippen molar-refractivity contribution in [2.24, 2.45) is 0 Å². The molecule has 2 N–H and O–H groups in total. The Kier molecular flexibility index (Phi) is 2.52.